The number of anilines is 1. The number of pyridine rings is 1. The van der Waals surface area contributed by atoms with Crippen LogP contribution in [0, 0.1) is 6.92 Å². The molecule has 22 heavy (non-hydrogen) atoms. The molecular weight excluding hydrogens is 280 g/mol. The smallest absolute Gasteiger partial charge is 0.259 e. The van der Waals surface area contributed by atoms with Gasteiger partial charge in [0.05, 0.1) is 22.9 Å². The predicted octanol–water partition coefficient (Wildman–Crippen LogP) is 3.24. The molecule has 6 nitrogen and oxygen atoms in total. The molecule has 0 spiro atoms. The number of hydrogen-bond donors (Lipinski definition) is 3. The zero-order valence-corrected chi connectivity index (χ0v) is 12.7. The molecule has 0 fully saturated rings. The second kappa shape index (κ2) is 5.55. The predicted molar refractivity (Wildman–Crippen MR) is 85.3 cm³/mol. The Balaban J connectivity index is 1.90. The number of nitrogens with zero attached hydrogens (tertiary/aromatic N) is 1. The fourth-order valence-electron chi connectivity index (χ4n) is 2.24. The quantitative estimate of drug-likeness (QED) is 0.691. The maximum absolute atomic E-state index is 12.4. The minimum Gasteiger partial charge on any atom is -0.475 e. The van der Waals surface area contributed by atoms with Crippen molar-refractivity contribution in [3.8, 4) is 5.88 Å². The van der Waals surface area contributed by atoms with Crippen molar-refractivity contribution in [2.24, 2.45) is 0 Å². The standard InChI is InChI=1S/C16H18N4O2/c1-9(2)22-14-5-4-13-15(20-14)12(8-18-13)16(21)19-11-6-10(3)17-7-11/h4-9,17-18H,1-3H3,(H,19,21). The molecule has 0 atom stereocenters. The van der Waals surface area contributed by atoms with Crippen molar-refractivity contribution in [2.45, 2.75) is 26.9 Å². The van der Waals surface area contributed by atoms with Crippen LogP contribution in [0.4, 0.5) is 5.69 Å². The maximum atomic E-state index is 12.4. The molecule has 3 aromatic heterocycles. The zero-order chi connectivity index (χ0) is 15.7. The molecule has 114 valence electrons. The van der Waals surface area contributed by atoms with Crippen molar-refractivity contribution in [3.05, 3.63) is 41.9 Å². The lowest BCUT2D eigenvalue weighted by Gasteiger charge is -2.08. The molecule has 3 rings (SSSR count). The summed E-state index contributed by atoms with van der Waals surface area (Å²) in [6, 6.07) is 5.51. The van der Waals surface area contributed by atoms with Gasteiger partial charge < -0.3 is 20.0 Å². The van der Waals surface area contributed by atoms with Gasteiger partial charge in [0.1, 0.15) is 5.52 Å². The van der Waals surface area contributed by atoms with Crippen LogP contribution in [0.15, 0.2) is 30.6 Å². The third kappa shape index (κ3) is 2.81. The molecular formula is C16H18N4O2. The van der Waals surface area contributed by atoms with Crippen LogP contribution in [-0.4, -0.2) is 27.0 Å². The van der Waals surface area contributed by atoms with E-state index in [9.17, 15) is 4.79 Å². The Morgan fingerprint density at radius 2 is 2.09 bits per heavy atom. The maximum Gasteiger partial charge on any atom is 0.259 e. The van der Waals surface area contributed by atoms with E-state index in [0.29, 0.717) is 17.0 Å². The van der Waals surface area contributed by atoms with Gasteiger partial charge in [0.15, 0.2) is 0 Å². The average molecular weight is 298 g/mol. The monoisotopic (exact) mass is 298 g/mol. The number of carbonyl (C=O) groups excluding carboxylic acids is 1. The number of H-pyrrole nitrogens is 2. The molecule has 0 aliphatic heterocycles. The van der Waals surface area contributed by atoms with Gasteiger partial charge >= 0.3 is 0 Å². The first kappa shape index (κ1) is 14.2. The number of aromatic amines is 2. The lowest BCUT2D eigenvalue weighted by molar-refractivity contribution is 0.102. The molecule has 0 aromatic carbocycles. The summed E-state index contributed by atoms with van der Waals surface area (Å²) < 4.78 is 5.59. The Morgan fingerprint density at radius 3 is 2.77 bits per heavy atom. The highest BCUT2D eigenvalue weighted by molar-refractivity contribution is 6.11. The van der Waals surface area contributed by atoms with Crippen LogP contribution in [0.2, 0.25) is 0 Å². The second-order valence-corrected chi connectivity index (χ2v) is 5.44. The van der Waals surface area contributed by atoms with Gasteiger partial charge in [-0.15, -0.1) is 0 Å². The number of amides is 1. The van der Waals surface area contributed by atoms with Crippen LogP contribution < -0.4 is 10.1 Å². The summed E-state index contributed by atoms with van der Waals surface area (Å²) in [5, 5.41) is 2.85. The molecule has 0 aliphatic rings. The van der Waals surface area contributed by atoms with Crippen molar-refractivity contribution < 1.29 is 9.53 Å². The summed E-state index contributed by atoms with van der Waals surface area (Å²) in [4.78, 5) is 22.9. The van der Waals surface area contributed by atoms with Gasteiger partial charge in [-0.1, -0.05) is 0 Å². The molecule has 1 amide bonds. The molecule has 6 heteroatoms. The normalized spacial score (nSPS) is 11.1. The van der Waals surface area contributed by atoms with E-state index in [4.69, 9.17) is 4.74 Å². The second-order valence-electron chi connectivity index (χ2n) is 5.44. The zero-order valence-electron chi connectivity index (χ0n) is 12.7. The number of hydrogen-bond acceptors (Lipinski definition) is 3. The summed E-state index contributed by atoms with van der Waals surface area (Å²) in [6.45, 7) is 5.80. The fourth-order valence-corrected chi connectivity index (χ4v) is 2.24. The van der Waals surface area contributed by atoms with Crippen LogP contribution in [-0.2, 0) is 0 Å². The summed E-state index contributed by atoms with van der Waals surface area (Å²) in [5.41, 5.74) is 3.60. The molecule has 0 unspecified atom stereocenters. The van der Waals surface area contributed by atoms with Gasteiger partial charge in [-0.2, -0.15) is 0 Å². The highest BCUT2D eigenvalue weighted by atomic mass is 16.5. The molecule has 0 bridgehead atoms. The molecule has 0 saturated carbocycles. The van der Waals surface area contributed by atoms with Crippen molar-refractivity contribution in [3.63, 3.8) is 0 Å². The van der Waals surface area contributed by atoms with Crippen LogP contribution in [0.1, 0.15) is 29.9 Å². The molecule has 3 heterocycles. The van der Waals surface area contributed by atoms with E-state index < -0.39 is 0 Å². The Bertz CT molecular complexity index is 817. The Kier molecular flexibility index (Phi) is 3.58. The Labute approximate surface area is 127 Å². The van der Waals surface area contributed by atoms with E-state index in [1.54, 1.807) is 18.5 Å². The Hall–Kier alpha value is -2.76. The molecule has 0 radical (unpaired) electrons. The van der Waals surface area contributed by atoms with E-state index in [0.717, 1.165) is 16.9 Å². The van der Waals surface area contributed by atoms with Crippen molar-refractivity contribution in [2.75, 3.05) is 5.32 Å². The van der Waals surface area contributed by atoms with E-state index in [2.05, 4.69) is 20.3 Å². The number of aryl methyl sites for hydroxylation is 1. The highest BCUT2D eigenvalue weighted by Crippen LogP contribution is 2.21. The summed E-state index contributed by atoms with van der Waals surface area (Å²) in [5.74, 6) is 0.299. The van der Waals surface area contributed by atoms with E-state index in [-0.39, 0.29) is 12.0 Å². The fraction of sp³-hybridized carbons (Fsp3) is 0.250. The van der Waals surface area contributed by atoms with Crippen LogP contribution >= 0.6 is 0 Å². The van der Waals surface area contributed by atoms with Crippen LogP contribution in [0.25, 0.3) is 11.0 Å². The average Bonchev–Trinajstić information content (AvgIpc) is 3.04. The number of nitrogens with one attached hydrogen (secondary N) is 3. The summed E-state index contributed by atoms with van der Waals surface area (Å²) >= 11 is 0. The highest BCUT2D eigenvalue weighted by Gasteiger charge is 2.15. The van der Waals surface area contributed by atoms with Crippen LogP contribution in [0.3, 0.4) is 0 Å². The third-order valence-electron chi connectivity index (χ3n) is 3.18. The molecule has 0 saturated heterocycles. The SMILES string of the molecule is Cc1cc(NC(=O)c2c[nH]c3ccc(OC(C)C)nc23)c[nH]1. The number of rotatable bonds is 4. The first-order valence-corrected chi connectivity index (χ1v) is 7.14. The minimum atomic E-state index is -0.209. The number of aromatic nitrogens is 3. The van der Waals surface area contributed by atoms with Crippen molar-refractivity contribution >= 4 is 22.6 Å². The topological polar surface area (TPSA) is 82.8 Å². The van der Waals surface area contributed by atoms with Crippen molar-refractivity contribution in [1.82, 2.24) is 15.0 Å². The largest absolute Gasteiger partial charge is 0.475 e. The molecule has 0 aliphatic carbocycles. The lowest BCUT2D eigenvalue weighted by Crippen LogP contribution is -2.11. The van der Waals surface area contributed by atoms with Crippen LogP contribution in [0.5, 0.6) is 5.88 Å². The van der Waals surface area contributed by atoms with Gasteiger partial charge in [-0.3, -0.25) is 4.79 Å². The number of carbonyl (C=O) groups is 1. The third-order valence-corrected chi connectivity index (χ3v) is 3.18. The van der Waals surface area contributed by atoms with E-state index in [1.165, 1.54) is 0 Å². The van der Waals surface area contributed by atoms with Gasteiger partial charge in [0.2, 0.25) is 5.88 Å². The van der Waals surface area contributed by atoms with Gasteiger partial charge in [-0.25, -0.2) is 4.98 Å². The van der Waals surface area contributed by atoms with Gasteiger partial charge in [-0.05, 0) is 32.9 Å². The van der Waals surface area contributed by atoms with Gasteiger partial charge in [0, 0.05) is 24.2 Å². The minimum absolute atomic E-state index is 0.0315. The summed E-state index contributed by atoms with van der Waals surface area (Å²) in [7, 11) is 0. The first-order chi connectivity index (χ1) is 10.5. The first-order valence-electron chi connectivity index (χ1n) is 7.14. The van der Waals surface area contributed by atoms with Gasteiger partial charge in [0.25, 0.3) is 5.91 Å². The molecule has 3 aromatic rings. The number of ether oxygens (including phenoxy) is 1. The van der Waals surface area contributed by atoms with Crippen molar-refractivity contribution in [1.29, 1.82) is 0 Å². The van der Waals surface area contributed by atoms with E-state index >= 15 is 0 Å². The molecule has 3 N–H and O–H groups in total. The Morgan fingerprint density at radius 1 is 1.27 bits per heavy atom. The summed E-state index contributed by atoms with van der Waals surface area (Å²) in [6.07, 6.45) is 3.44. The number of fused-ring (bicyclic) bond motifs is 1. The lowest BCUT2D eigenvalue weighted by atomic mass is 10.2. The van der Waals surface area contributed by atoms with E-state index in [1.807, 2.05) is 32.9 Å².